The van der Waals surface area contributed by atoms with Gasteiger partial charge >= 0.3 is 12.1 Å². The van der Waals surface area contributed by atoms with Crippen LogP contribution in [0.4, 0.5) is 4.79 Å². The zero-order chi connectivity index (χ0) is 17.6. The number of carbonyl (C=O) groups excluding carboxylic acids is 2. The highest BCUT2D eigenvalue weighted by atomic mass is 16.6. The number of nitrogens with zero attached hydrogens (tertiary/aromatic N) is 3. The van der Waals surface area contributed by atoms with Crippen LogP contribution >= 0.6 is 0 Å². The second-order valence-electron chi connectivity index (χ2n) is 6.20. The Hall–Kier alpha value is -2.05. The highest BCUT2D eigenvalue weighted by Gasteiger charge is 2.33. The van der Waals surface area contributed by atoms with Crippen LogP contribution in [0, 0.1) is 0 Å². The molecule has 1 amide bonds. The lowest BCUT2D eigenvalue weighted by Gasteiger charge is -2.31. The average Bonchev–Trinajstić information content (AvgIpc) is 2.92. The lowest BCUT2D eigenvalue weighted by atomic mass is 10.1. The molecule has 1 aromatic heterocycles. The molecule has 0 aliphatic rings. The van der Waals surface area contributed by atoms with Crippen molar-refractivity contribution < 1.29 is 19.1 Å². The first-order valence-electron chi connectivity index (χ1n) is 7.79. The Morgan fingerprint density at radius 1 is 1.35 bits per heavy atom. The molecule has 0 saturated heterocycles. The molecule has 0 spiro atoms. The normalized spacial score (nSPS) is 12.6. The Morgan fingerprint density at radius 2 is 2.00 bits per heavy atom. The summed E-state index contributed by atoms with van der Waals surface area (Å²) in [4.78, 5) is 30.2. The summed E-state index contributed by atoms with van der Waals surface area (Å²) in [6, 6.07) is -0.764. The molecule has 0 aliphatic heterocycles. The fourth-order valence-corrected chi connectivity index (χ4v) is 2.14. The van der Waals surface area contributed by atoms with Gasteiger partial charge < -0.3 is 14.0 Å². The van der Waals surface area contributed by atoms with E-state index >= 15 is 0 Å². The molecule has 7 nitrogen and oxygen atoms in total. The molecule has 0 N–H and O–H groups in total. The quantitative estimate of drug-likeness (QED) is 0.750. The van der Waals surface area contributed by atoms with Gasteiger partial charge in [-0.2, -0.15) is 0 Å². The van der Waals surface area contributed by atoms with Gasteiger partial charge in [0.2, 0.25) is 0 Å². The van der Waals surface area contributed by atoms with E-state index in [9.17, 15) is 9.59 Å². The summed E-state index contributed by atoms with van der Waals surface area (Å²) in [5.74, 6) is -0.483. The van der Waals surface area contributed by atoms with Gasteiger partial charge in [-0.3, -0.25) is 4.90 Å². The van der Waals surface area contributed by atoms with E-state index in [0.29, 0.717) is 6.54 Å². The molecule has 0 fully saturated rings. The summed E-state index contributed by atoms with van der Waals surface area (Å²) in [5.41, 5.74) is 0.0962. The summed E-state index contributed by atoms with van der Waals surface area (Å²) in [7, 11) is 1.31. The minimum atomic E-state index is -0.764. The minimum absolute atomic E-state index is 0.284. The molecule has 1 aromatic rings. The molecule has 1 rings (SSSR count). The topological polar surface area (TPSA) is 73.7 Å². The van der Waals surface area contributed by atoms with Gasteiger partial charge in [0.1, 0.15) is 11.6 Å². The van der Waals surface area contributed by atoms with Crippen molar-refractivity contribution >= 4 is 12.1 Å². The van der Waals surface area contributed by atoms with Gasteiger partial charge in [-0.1, -0.05) is 0 Å². The molecule has 0 bridgehead atoms. The SMILES string of the molecule is CCN(C(=O)OC(C)(C)C)[C@@H](Cc1cn(CC)cn1)C(=O)OC. The summed E-state index contributed by atoms with van der Waals surface area (Å²) in [5, 5.41) is 0. The molecule has 7 heteroatoms. The van der Waals surface area contributed by atoms with E-state index in [4.69, 9.17) is 9.47 Å². The molecule has 1 atom stereocenters. The van der Waals surface area contributed by atoms with E-state index in [2.05, 4.69) is 4.98 Å². The Labute approximate surface area is 137 Å². The number of ether oxygens (including phenoxy) is 2. The van der Waals surface area contributed by atoms with E-state index in [-0.39, 0.29) is 6.42 Å². The highest BCUT2D eigenvalue weighted by molar-refractivity contribution is 5.81. The zero-order valence-electron chi connectivity index (χ0n) is 14.8. The third-order valence-electron chi connectivity index (χ3n) is 3.27. The monoisotopic (exact) mass is 325 g/mol. The fraction of sp³-hybridized carbons (Fsp3) is 0.688. The molecule has 0 aliphatic carbocycles. The number of hydrogen-bond acceptors (Lipinski definition) is 5. The van der Waals surface area contributed by atoms with Crippen molar-refractivity contribution in [3.8, 4) is 0 Å². The van der Waals surface area contributed by atoms with Gasteiger partial charge in [0.15, 0.2) is 0 Å². The van der Waals surface area contributed by atoms with E-state index in [1.165, 1.54) is 12.0 Å². The number of rotatable bonds is 6. The highest BCUT2D eigenvalue weighted by Crippen LogP contribution is 2.15. The number of hydrogen-bond donors (Lipinski definition) is 0. The number of amides is 1. The molecule has 0 saturated carbocycles. The Bertz CT molecular complexity index is 534. The van der Waals surface area contributed by atoms with Crippen LogP contribution in [0.15, 0.2) is 12.5 Å². The molecule has 23 heavy (non-hydrogen) atoms. The van der Waals surface area contributed by atoms with Gasteiger partial charge in [0.05, 0.1) is 19.1 Å². The molecule has 0 unspecified atom stereocenters. The number of likely N-dealkylation sites (N-methyl/N-ethyl adjacent to an activating group) is 1. The fourth-order valence-electron chi connectivity index (χ4n) is 2.14. The van der Waals surface area contributed by atoms with Crippen LogP contribution in [0.2, 0.25) is 0 Å². The number of imidazole rings is 1. The van der Waals surface area contributed by atoms with Gasteiger partial charge in [-0.25, -0.2) is 14.6 Å². The Kier molecular flexibility index (Phi) is 6.60. The second kappa shape index (κ2) is 7.99. The van der Waals surface area contributed by atoms with Gasteiger partial charge in [-0.05, 0) is 34.6 Å². The smallest absolute Gasteiger partial charge is 0.411 e. The minimum Gasteiger partial charge on any atom is -0.467 e. The van der Waals surface area contributed by atoms with Gasteiger partial charge in [-0.15, -0.1) is 0 Å². The van der Waals surface area contributed by atoms with Crippen LogP contribution in [0.5, 0.6) is 0 Å². The number of methoxy groups -OCH3 is 1. The van der Waals surface area contributed by atoms with E-state index in [1.54, 1.807) is 34.0 Å². The summed E-state index contributed by atoms with van der Waals surface area (Å²) >= 11 is 0. The third kappa shape index (κ3) is 5.58. The Morgan fingerprint density at radius 3 is 2.43 bits per heavy atom. The molecule has 130 valence electrons. The standard InChI is InChI=1S/C16H27N3O4/c1-7-18-10-12(17-11-18)9-13(14(20)22-6)19(8-2)15(21)23-16(3,4)5/h10-11,13H,7-9H2,1-6H3/t13-/m0/s1. The third-order valence-corrected chi connectivity index (χ3v) is 3.27. The first kappa shape index (κ1) is 19.0. The molecule has 1 heterocycles. The summed E-state index contributed by atoms with van der Waals surface area (Å²) in [6.45, 7) is 10.3. The summed E-state index contributed by atoms with van der Waals surface area (Å²) in [6.07, 6.45) is 3.31. The molecular formula is C16H27N3O4. The maximum atomic E-state index is 12.4. The predicted molar refractivity (Wildman–Crippen MR) is 86.0 cm³/mol. The van der Waals surface area contributed by atoms with Crippen molar-refractivity contribution in [2.45, 2.75) is 59.2 Å². The van der Waals surface area contributed by atoms with Crippen LogP contribution in [0.1, 0.15) is 40.3 Å². The lowest BCUT2D eigenvalue weighted by molar-refractivity contribution is -0.146. The van der Waals surface area contributed by atoms with E-state index in [0.717, 1.165) is 12.2 Å². The number of carbonyl (C=O) groups is 2. The lowest BCUT2D eigenvalue weighted by Crippen LogP contribution is -2.48. The van der Waals surface area contributed by atoms with Crippen LogP contribution in [-0.2, 0) is 27.2 Å². The number of aromatic nitrogens is 2. The van der Waals surface area contributed by atoms with Crippen LogP contribution in [0.25, 0.3) is 0 Å². The maximum Gasteiger partial charge on any atom is 0.411 e. The largest absolute Gasteiger partial charge is 0.467 e. The van der Waals surface area contributed by atoms with Crippen molar-refractivity contribution in [2.24, 2.45) is 0 Å². The van der Waals surface area contributed by atoms with Crippen molar-refractivity contribution in [1.82, 2.24) is 14.5 Å². The van der Waals surface area contributed by atoms with Crippen LogP contribution in [-0.4, -0.2) is 51.8 Å². The van der Waals surface area contributed by atoms with Crippen molar-refractivity contribution in [2.75, 3.05) is 13.7 Å². The zero-order valence-corrected chi connectivity index (χ0v) is 14.8. The molecule has 0 aromatic carbocycles. The predicted octanol–water partition coefficient (Wildman–Crippen LogP) is 2.24. The van der Waals surface area contributed by atoms with E-state index < -0.39 is 23.7 Å². The Balaban J connectivity index is 2.97. The van der Waals surface area contributed by atoms with Gasteiger partial charge in [0.25, 0.3) is 0 Å². The first-order valence-corrected chi connectivity index (χ1v) is 7.79. The summed E-state index contributed by atoms with van der Waals surface area (Å²) < 4.78 is 12.2. The number of aryl methyl sites for hydroxylation is 1. The van der Waals surface area contributed by atoms with Crippen molar-refractivity contribution in [3.63, 3.8) is 0 Å². The maximum absolute atomic E-state index is 12.4. The molecule has 0 radical (unpaired) electrons. The van der Waals surface area contributed by atoms with Crippen molar-refractivity contribution in [3.05, 3.63) is 18.2 Å². The second-order valence-corrected chi connectivity index (χ2v) is 6.20. The van der Waals surface area contributed by atoms with Crippen molar-refractivity contribution in [1.29, 1.82) is 0 Å². The molecular weight excluding hydrogens is 298 g/mol. The van der Waals surface area contributed by atoms with E-state index in [1.807, 2.05) is 17.7 Å². The van der Waals surface area contributed by atoms with Gasteiger partial charge in [0, 0.05) is 25.7 Å². The number of esters is 1. The van der Waals surface area contributed by atoms with Crippen LogP contribution < -0.4 is 0 Å². The first-order chi connectivity index (χ1) is 10.7. The average molecular weight is 325 g/mol. The van der Waals surface area contributed by atoms with Crippen LogP contribution in [0.3, 0.4) is 0 Å².